The minimum absolute atomic E-state index is 0.126. The van der Waals surface area contributed by atoms with Gasteiger partial charge >= 0.3 is 0 Å². The normalized spacial score (nSPS) is 22.8. The summed E-state index contributed by atoms with van der Waals surface area (Å²) in [6, 6.07) is 12.1. The predicted molar refractivity (Wildman–Crippen MR) is 76.5 cm³/mol. The molecule has 19 heavy (non-hydrogen) atoms. The van der Waals surface area contributed by atoms with Gasteiger partial charge in [0.25, 0.3) is 0 Å². The molecule has 2 heteroatoms. The van der Waals surface area contributed by atoms with E-state index >= 15 is 0 Å². The molecule has 1 heterocycles. The van der Waals surface area contributed by atoms with Gasteiger partial charge in [0.2, 0.25) is 0 Å². The molecule has 1 aliphatic heterocycles. The van der Waals surface area contributed by atoms with Gasteiger partial charge in [-0.1, -0.05) is 43.3 Å². The summed E-state index contributed by atoms with van der Waals surface area (Å²) in [6.45, 7) is 4.86. The Labute approximate surface area is 113 Å². The van der Waals surface area contributed by atoms with Crippen molar-refractivity contribution in [2.24, 2.45) is 5.92 Å². The maximum atomic E-state index is 12.7. The van der Waals surface area contributed by atoms with E-state index in [0.29, 0.717) is 12.5 Å². The van der Waals surface area contributed by atoms with Crippen LogP contribution < -0.4 is 0 Å². The lowest BCUT2D eigenvalue weighted by molar-refractivity contribution is 0.0581. The first-order chi connectivity index (χ1) is 9.18. The molecule has 0 aromatic heterocycles. The van der Waals surface area contributed by atoms with E-state index in [-0.39, 0.29) is 11.9 Å². The first kappa shape index (κ1) is 12.4. The molecular weight excluding hydrogens is 236 g/mol. The first-order valence-corrected chi connectivity index (χ1v) is 6.82. The van der Waals surface area contributed by atoms with Crippen LogP contribution in [0.3, 0.4) is 0 Å². The fourth-order valence-electron chi connectivity index (χ4n) is 2.85. The number of ketones is 1. The molecule has 0 saturated carbocycles. The number of fused-ring (bicyclic) bond motifs is 1. The van der Waals surface area contributed by atoms with E-state index < -0.39 is 0 Å². The topological polar surface area (TPSA) is 26.3 Å². The average molecular weight is 254 g/mol. The largest absolute Gasteiger partial charge is 0.370 e. The van der Waals surface area contributed by atoms with E-state index in [1.807, 2.05) is 30.3 Å². The van der Waals surface area contributed by atoms with Crippen molar-refractivity contribution in [2.75, 3.05) is 6.61 Å². The fourth-order valence-corrected chi connectivity index (χ4v) is 2.85. The minimum Gasteiger partial charge on any atom is -0.370 e. The van der Waals surface area contributed by atoms with E-state index in [1.165, 1.54) is 5.56 Å². The summed E-state index contributed by atoms with van der Waals surface area (Å²) < 4.78 is 5.61. The van der Waals surface area contributed by atoms with Crippen LogP contribution in [0.5, 0.6) is 0 Å². The van der Waals surface area contributed by atoms with Crippen molar-refractivity contribution in [2.45, 2.75) is 26.4 Å². The van der Waals surface area contributed by atoms with Gasteiger partial charge < -0.3 is 4.74 Å². The molecule has 3 rings (SSSR count). The molecule has 2 aromatic rings. The molecule has 0 amide bonds. The molecule has 0 aliphatic carbocycles. The van der Waals surface area contributed by atoms with E-state index in [0.717, 1.165) is 22.8 Å². The van der Waals surface area contributed by atoms with Crippen LogP contribution in [0.25, 0.3) is 10.8 Å². The Kier molecular flexibility index (Phi) is 3.11. The number of hydrogen-bond acceptors (Lipinski definition) is 2. The second kappa shape index (κ2) is 4.78. The van der Waals surface area contributed by atoms with Gasteiger partial charge in [-0.2, -0.15) is 0 Å². The Morgan fingerprint density at radius 3 is 2.58 bits per heavy atom. The van der Waals surface area contributed by atoms with Crippen LogP contribution in [0, 0.1) is 12.8 Å². The smallest absolute Gasteiger partial charge is 0.192 e. The van der Waals surface area contributed by atoms with Crippen LogP contribution in [-0.2, 0) is 4.74 Å². The molecule has 1 fully saturated rings. The van der Waals surface area contributed by atoms with Crippen LogP contribution in [0.15, 0.2) is 36.4 Å². The summed E-state index contributed by atoms with van der Waals surface area (Å²) in [5, 5.41) is 2.19. The van der Waals surface area contributed by atoms with Gasteiger partial charge in [0.15, 0.2) is 5.78 Å². The number of rotatable bonds is 2. The SMILES string of the molecule is Cc1ccc(C(=O)C2OCCC2C)c2ccccc12. The molecule has 1 saturated heterocycles. The Morgan fingerprint density at radius 2 is 1.89 bits per heavy atom. The second-order valence-electron chi connectivity index (χ2n) is 5.40. The van der Waals surface area contributed by atoms with E-state index in [9.17, 15) is 4.79 Å². The number of carbonyl (C=O) groups is 1. The zero-order chi connectivity index (χ0) is 13.4. The van der Waals surface area contributed by atoms with Gasteiger partial charge in [0.1, 0.15) is 6.10 Å². The van der Waals surface area contributed by atoms with Gasteiger partial charge in [-0.15, -0.1) is 0 Å². The van der Waals surface area contributed by atoms with Gasteiger partial charge in [-0.25, -0.2) is 0 Å². The van der Waals surface area contributed by atoms with Crippen LogP contribution in [0.2, 0.25) is 0 Å². The molecular formula is C17H18O2. The lowest BCUT2D eigenvalue weighted by Gasteiger charge is -2.15. The zero-order valence-electron chi connectivity index (χ0n) is 11.3. The van der Waals surface area contributed by atoms with Crippen molar-refractivity contribution >= 4 is 16.6 Å². The average Bonchev–Trinajstić information content (AvgIpc) is 2.85. The third-order valence-corrected chi connectivity index (χ3v) is 4.05. The highest BCUT2D eigenvalue weighted by Gasteiger charge is 2.32. The summed E-state index contributed by atoms with van der Waals surface area (Å²) in [4.78, 5) is 12.7. The Hall–Kier alpha value is -1.67. The fraction of sp³-hybridized carbons (Fsp3) is 0.353. The highest BCUT2D eigenvalue weighted by Crippen LogP contribution is 2.28. The van der Waals surface area contributed by atoms with Gasteiger partial charge in [0, 0.05) is 12.2 Å². The molecule has 2 aromatic carbocycles. The van der Waals surface area contributed by atoms with E-state index in [4.69, 9.17) is 4.74 Å². The van der Waals surface area contributed by atoms with Crippen LogP contribution in [0.4, 0.5) is 0 Å². The summed E-state index contributed by atoms with van der Waals surface area (Å²) in [6.07, 6.45) is 0.700. The Bertz CT molecular complexity index is 630. The van der Waals surface area contributed by atoms with Gasteiger partial charge in [-0.05, 0) is 35.6 Å². The standard InChI is InChI=1S/C17H18O2/c1-11-7-8-15(14-6-4-3-5-13(11)14)16(18)17-12(2)9-10-19-17/h3-8,12,17H,9-10H2,1-2H3. The number of carbonyl (C=O) groups excluding carboxylic acids is 1. The van der Waals surface area contributed by atoms with Crippen molar-refractivity contribution in [1.82, 2.24) is 0 Å². The lowest BCUT2D eigenvalue weighted by Crippen LogP contribution is -2.25. The molecule has 0 spiro atoms. The van der Waals surface area contributed by atoms with Crippen molar-refractivity contribution in [3.8, 4) is 0 Å². The summed E-state index contributed by atoms with van der Waals surface area (Å²) in [7, 11) is 0. The molecule has 2 atom stereocenters. The highest BCUT2D eigenvalue weighted by atomic mass is 16.5. The third-order valence-electron chi connectivity index (χ3n) is 4.05. The molecule has 1 aliphatic rings. The monoisotopic (exact) mass is 254 g/mol. The molecule has 2 unspecified atom stereocenters. The van der Waals surface area contributed by atoms with Crippen LogP contribution >= 0.6 is 0 Å². The first-order valence-electron chi connectivity index (χ1n) is 6.82. The number of aryl methyl sites for hydroxylation is 1. The maximum Gasteiger partial charge on any atom is 0.192 e. The number of benzene rings is 2. The van der Waals surface area contributed by atoms with Crippen molar-refractivity contribution in [3.63, 3.8) is 0 Å². The quantitative estimate of drug-likeness (QED) is 0.763. The molecule has 0 bridgehead atoms. The summed E-state index contributed by atoms with van der Waals surface area (Å²) in [5.74, 6) is 0.439. The maximum absolute atomic E-state index is 12.7. The van der Waals surface area contributed by atoms with Gasteiger partial charge in [0.05, 0.1) is 0 Å². The van der Waals surface area contributed by atoms with Crippen molar-refractivity contribution in [1.29, 1.82) is 0 Å². The van der Waals surface area contributed by atoms with Crippen LogP contribution in [-0.4, -0.2) is 18.5 Å². The summed E-state index contributed by atoms with van der Waals surface area (Å²) in [5.41, 5.74) is 1.99. The van der Waals surface area contributed by atoms with Crippen molar-refractivity contribution in [3.05, 3.63) is 47.5 Å². The predicted octanol–water partition coefficient (Wildman–Crippen LogP) is 3.76. The number of hydrogen-bond donors (Lipinski definition) is 0. The number of Topliss-reactive ketones (excluding diaryl/α,β-unsaturated/α-hetero) is 1. The minimum atomic E-state index is -0.272. The number of ether oxygens (including phenoxy) is 1. The Balaban J connectivity index is 2.10. The highest BCUT2D eigenvalue weighted by molar-refractivity contribution is 6.10. The van der Waals surface area contributed by atoms with E-state index in [2.05, 4.69) is 19.9 Å². The Morgan fingerprint density at radius 1 is 1.16 bits per heavy atom. The molecule has 2 nitrogen and oxygen atoms in total. The second-order valence-corrected chi connectivity index (χ2v) is 5.40. The summed E-state index contributed by atoms with van der Waals surface area (Å²) >= 11 is 0. The lowest BCUT2D eigenvalue weighted by atomic mass is 9.92. The molecule has 0 radical (unpaired) electrons. The molecule has 98 valence electrons. The van der Waals surface area contributed by atoms with Gasteiger partial charge in [-0.3, -0.25) is 4.79 Å². The van der Waals surface area contributed by atoms with E-state index in [1.54, 1.807) is 0 Å². The molecule has 0 N–H and O–H groups in total. The zero-order valence-corrected chi connectivity index (χ0v) is 11.3. The van der Waals surface area contributed by atoms with Crippen molar-refractivity contribution < 1.29 is 9.53 Å². The third kappa shape index (κ3) is 2.06. The van der Waals surface area contributed by atoms with Crippen LogP contribution in [0.1, 0.15) is 29.3 Å².